The number of aliphatic hydroxyl groups excluding tert-OH is 1. The van der Waals surface area contributed by atoms with Gasteiger partial charge in [-0.3, -0.25) is 4.79 Å². The van der Waals surface area contributed by atoms with Gasteiger partial charge in [0.1, 0.15) is 6.61 Å². The molecule has 1 aromatic carbocycles. The van der Waals surface area contributed by atoms with E-state index >= 15 is 0 Å². The molecule has 4 heteroatoms. The Bertz CT molecular complexity index is 544. The van der Waals surface area contributed by atoms with Crippen molar-refractivity contribution in [3.05, 3.63) is 35.4 Å². The van der Waals surface area contributed by atoms with E-state index in [0.717, 1.165) is 5.56 Å². The molecular weight excluding hydrogens is 254 g/mol. The van der Waals surface area contributed by atoms with E-state index in [9.17, 15) is 4.79 Å². The van der Waals surface area contributed by atoms with Gasteiger partial charge < -0.3 is 14.7 Å². The van der Waals surface area contributed by atoms with Crippen molar-refractivity contribution in [2.75, 3.05) is 19.8 Å². The quantitative estimate of drug-likeness (QED) is 0.784. The Morgan fingerprint density at radius 3 is 3.05 bits per heavy atom. The van der Waals surface area contributed by atoms with Gasteiger partial charge in [-0.15, -0.1) is 0 Å². The molecule has 0 saturated carbocycles. The minimum Gasteiger partial charge on any atom is -0.384 e. The summed E-state index contributed by atoms with van der Waals surface area (Å²) in [5.74, 6) is 5.40. The lowest BCUT2D eigenvalue weighted by atomic mass is 10.1. The van der Waals surface area contributed by atoms with Crippen LogP contribution in [0.1, 0.15) is 29.8 Å². The van der Waals surface area contributed by atoms with E-state index in [1.165, 1.54) is 0 Å². The van der Waals surface area contributed by atoms with Crippen LogP contribution in [-0.2, 0) is 4.74 Å². The van der Waals surface area contributed by atoms with E-state index in [-0.39, 0.29) is 24.7 Å². The predicted molar refractivity (Wildman–Crippen MR) is 76.3 cm³/mol. The van der Waals surface area contributed by atoms with E-state index < -0.39 is 0 Å². The molecule has 1 aliphatic rings. The second-order valence-electron chi connectivity index (χ2n) is 4.99. The van der Waals surface area contributed by atoms with Crippen molar-refractivity contribution in [3.8, 4) is 11.8 Å². The van der Waals surface area contributed by atoms with Gasteiger partial charge in [0.15, 0.2) is 0 Å². The first-order valence-electron chi connectivity index (χ1n) is 6.74. The number of ether oxygens (including phenoxy) is 1. The fourth-order valence-corrected chi connectivity index (χ4v) is 2.22. The van der Waals surface area contributed by atoms with Crippen molar-refractivity contribution >= 4 is 5.91 Å². The molecule has 1 fully saturated rings. The van der Waals surface area contributed by atoms with Crippen LogP contribution in [0.3, 0.4) is 0 Å². The van der Waals surface area contributed by atoms with E-state index in [4.69, 9.17) is 9.84 Å². The monoisotopic (exact) mass is 273 g/mol. The number of carbonyl (C=O) groups excluding carboxylic acids is 1. The molecule has 1 amide bonds. The average Bonchev–Trinajstić information content (AvgIpc) is 2.47. The minimum atomic E-state index is -0.184. The third-order valence-electron chi connectivity index (χ3n) is 3.29. The van der Waals surface area contributed by atoms with E-state index in [1.54, 1.807) is 12.1 Å². The number of hydrogen-bond acceptors (Lipinski definition) is 3. The van der Waals surface area contributed by atoms with E-state index in [1.807, 2.05) is 30.9 Å². The third kappa shape index (κ3) is 3.38. The zero-order chi connectivity index (χ0) is 14.5. The molecule has 1 heterocycles. The lowest BCUT2D eigenvalue weighted by molar-refractivity contribution is -0.0387. The number of rotatable bonds is 1. The van der Waals surface area contributed by atoms with Crippen molar-refractivity contribution in [1.29, 1.82) is 0 Å². The molecule has 2 atom stereocenters. The summed E-state index contributed by atoms with van der Waals surface area (Å²) in [5.41, 5.74) is 1.36. The lowest BCUT2D eigenvalue weighted by Gasteiger charge is -2.36. The first-order valence-corrected chi connectivity index (χ1v) is 6.74. The second-order valence-corrected chi connectivity index (χ2v) is 4.99. The van der Waals surface area contributed by atoms with Crippen LogP contribution in [0.15, 0.2) is 24.3 Å². The first-order chi connectivity index (χ1) is 9.61. The van der Waals surface area contributed by atoms with Gasteiger partial charge in [-0.25, -0.2) is 0 Å². The Kier molecular flexibility index (Phi) is 4.78. The third-order valence-corrected chi connectivity index (χ3v) is 3.29. The summed E-state index contributed by atoms with van der Waals surface area (Å²) in [5, 5.41) is 8.71. The molecule has 20 heavy (non-hydrogen) atoms. The topological polar surface area (TPSA) is 49.8 Å². The van der Waals surface area contributed by atoms with Gasteiger partial charge in [0.25, 0.3) is 5.91 Å². The molecule has 106 valence electrons. The highest BCUT2D eigenvalue weighted by Crippen LogP contribution is 2.16. The van der Waals surface area contributed by atoms with Crippen LogP contribution in [0.25, 0.3) is 0 Å². The summed E-state index contributed by atoms with van der Waals surface area (Å²) in [6, 6.07) is 7.26. The Labute approximate surface area is 119 Å². The summed E-state index contributed by atoms with van der Waals surface area (Å²) in [4.78, 5) is 14.4. The van der Waals surface area contributed by atoms with Gasteiger partial charge in [0, 0.05) is 17.7 Å². The number of carbonyl (C=O) groups is 1. The predicted octanol–water partition coefficient (Wildman–Crippen LogP) is 1.28. The number of morpholine rings is 1. The Morgan fingerprint density at radius 2 is 2.30 bits per heavy atom. The molecule has 0 aliphatic carbocycles. The molecule has 1 saturated heterocycles. The fourth-order valence-electron chi connectivity index (χ4n) is 2.22. The normalized spacial score (nSPS) is 22.1. The number of amides is 1. The van der Waals surface area contributed by atoms with Crippen LogP contribution in [0, 0.1) is 11.8 Å². The van der Waals surface area contributed by atoms with Gasteiger partial charge in [-0.1, -0.05) is 17.9 Å². The number of aliphatic hydroxyl groups is 1. The van der Waals surface area contributed by atoms with Crippen LogP contribution in [0.5, 0.6) is 0 Å². The lowest BCUT2D eigenvalue weighted by Crippen LogP contribution is -2.50. The first kappa shape index (κ1) is 14.6. The molecule has 1 aliphatic heterocycles. The smallest absolute Gasteiger partial charge is 0.254 e. The maximum absolute atomic E-state index is 12.6. The molecule has 0 spiro atoms. The Balaban J connectivity index is 2.20. The molecule has 2 unspecified atom stereocenters. The van der Waals surface area contributed by atoms with Crippen LogP contribution in [0.4, 0.5) is 0 Å². The summed E-state index contributed by atoms with van der Waals surface area (Å²) < 4.78 is 5.54. The zero-order valence-corrected chi connectivity index (χ0v) is 11.8. The molecule has 0 bridgehead atoms. The standard InChI is InChI=1S/C16H19NO3/c1-12-11-20-13(2)10-17(12)16(19)15-7-3-5-14(9-15)6-4-8-18/h3,5,7,9,12-13,18H,8,10-11H2,1-2H3. The minimum absolute atomic E-state index is 0.000276. The van der Waals surface area contributed by atoms with Crippen molar-refractivity contribution < 1.29 is 14.6 Å². The molecule has 2 rings (SSSR count). The Morgan fingerprint density at radius 1 is 1.50 bits per heavy atom. The van der Waals surface area contributed by atoms with Gasteiger partial charge in [-0.05, 0) is 32.0 Å². The SMILES string of the molecule is CC1CN(C(=O)c2cccc(C#CCO)c2)C(C)CO1. The maximum Gasteiger partial charge on any atom is 0.254 e. The fraction of sp³-hybridized carbons (Fsp3) is 0.438. The van der Waals surface area contributed by atoms with Crippen LogP contribution >= 0.6 is 0 Å². The van der Waals surface area contributed by atoms with Crippen molar-refractivity contribution in [2.24, 2.45) is 0 Å². The molecule has 1 N–H and O–H groups in total. The van der Waals surface area contributed by atoms with Crippen molar-refractivity contribution in [3.63, 3.8) is 0 Å². The highest BCUT2D eigenvalue weighted by atomic mass is 16.5. The molecular formula is C16H19NO3. The number of benzene rings is 1. The van der Waals surface area contributed by atoms with Gasteiger partial charge >= 0.3 is 0 Å². The van der Waals surface area contributed by atoms with E-state index in [2.05, 4.69) is 11.8 Å². The average molecular weight is 273 g/mol. The van der Waals surface area contributed by atoms with Crippen LogP contribution < -0.4 is 0 Å². The summed E-state index contributed by atoms with van der Waals surface area (Å²) in [6.07, 6.45) is 0.0625. The summed E-state index contributed by atoms with van der Waals surface area (Å²) in [6.45, 7) is 4.94. The van der Waals surface area contributed by atoms with Gasteiger partial charge in [0.2, 0.25) is 0 Å². The van der Waals surface area contributed by atoms with Crippen LogP contribution in [-0.4, -0.2) is 47.8 Å². The largest absolute Gasteiger partial charge is 0.384 e. The highest BCUT2D eigenvalue weighted by molar-refractivity contribution is 5.94. The molecule has 1 aromatic rings. The number of hydrogen-bond donors (Lipinski definition) is 1. The van der Waals surface area contributed by atoms with Crippen molar-refractivity contribution in [2.45, 2.75) is 26.0 Å². The van der Waals surface area contributed by atoms with Crippen molar-refractivity contribution in [1.82, 2.24) is 4.90 Å². The molecule has 0 radical (unpaired) electrons. The molecule has 0 aromatic heterocycles. The van der Waals surface area contributed by atoms with Crippen LogP contribution in [0.2, 0.25) is 0 Å². The summed E-state index contributed by atoms with van der Waals surface area (Å²) in [7, 11) is 0. The Hall–Kier alpha value is -1.83. The van der Waals surface area contributed by atoms with E-state index in [0.29, 0.717) is 18.7 Å². The van der Waals surface area contributed by atoms with Gasteiger partial charge in [-0.2, -0.15) is 0 Å². The maximum atomic E-state index is 12.6. The number of nitrogens with zero attached hydrogens (tertiary/aromatic N) is 1. The second kappa shape index (κ2) is 6.56. The zero-order valence-electron chi connectivity index (χ0n) is 11.8. The summed E-state index contributed by atoms with van der Waals surface area (Å²) >= 11 is 0. The highest BCUT2D eigenvalue weighted by Gasteiger charge is 2.28. The molecule has 4 nitrogen and oxygen atoms in total. The van der Waals surface area contributed by atoms with Gasteiger partial charge in [0.05, 0.1) is 18.8 Å².